The van der Waals surface area contributed by atoms with Crippen molar-refractivity contribution in [2.75, 3.05) is 0 Å². The van der Waals surface area contributed by atoms with Crippen LogP contribution in [0.5, 0.6) is 0 Å². The Morgan fingerprint density at radius 2 is 2.33 bits per heavy atom. The van der Waals surface area contributed by atoms with Gasteiger partial charge in [-0.2, -0.15) is 5.10 Å². The Morgan fingerprint density at radius 3 is 2.94 bits per heavy atom. The lowest BCUT2D eigenvalue weighted by molar-refractivity contribution is 0.516. The number of hydrogen-bond donors (Lipinski definition) is 2. The molecule has 0 aromatic carbocycles. The lowest BCUT2D eigenvalue weighted by atomic mass is 10.1. The molecule has 1 atom stereocenters. The van der Waals surface area contributed by atoms with Gasteiger partial charge in [-0.3, -0.25) is 16.0 Å². The maximum absolute atomic E-state index is 5.63. The summed E-state index contributed by atoms with van der Waals surface area (Å²) in [5, 5.41) is 4.17. The molecule has 0 aliphatic carbocycles. The number of imidazole rings is 1. The van der Waals surface area contributed by atoms with E-state index in [1.807, 2.05) is 31.8 Å². The molecular weight excluding hydrogens is 228 g/mol. The fourth-order valence-corrected chi connectivity index (χ4v) is 2.05. The van der Waals surface area contributed by atoms with Crippen LogP contribution in [0.15, 0.2) is 24.8 Å². The van der Waals surface area contributed by atoms with Crippen LogP contribution in [-0.4, -0.2) is 19.3 Å². The number of nitrogens with one attached hydrogen (secondary N) is 1. The molecule has 2 aromatic heterocycles. The topological polar surface area (TPSA) is 73.7 Å². The molecule has 0 spiro atoms. The van der Waals surface area contributed by atoms with Gasteiger partial charge in [-0.1, -0.05) is 6.92 Å². The molecule has 6 heteroatoms. The third kappa shape index (κ3) is 2.77. The summed E-state index contributed by atoms with van der Waals surface area (Å²) in [6, 6.07) is 0.0386. The van der Waals surface area contributed by atoms with Gasteiger partial charge in [0.1, 0.15) is 5.82 Å². The summed E-state index contributed by atoms with van der Waals surface area (Å²) in [4.78, 5) is 4.40. The van der Waals surface area contributed by atoms with E-state index >= 15 is 0 Å². The fourth-order valence-electron chi connectivity index (χ4n) is 2.05. The third-order valence-corrected chi connectivity index (χ3v) is 2.98. The first-order valence-electron chi connectivity index (χ1n) is 6.19. The van der Waals surface area contributed by atoms with E-state index in [9.17, 15) is 0 Å². The van der Waals surface area contributed by atoms with Crippen LogP contribution in [0.1, 0.15) is 30.8 Å². The molecule has 0 aliphatic heterocycles. The molecule has 6 nitrogen and oxygen atoms in total. The summed E-state index contributed by atoms with van der Waals surface area (Å²) >= 11 is 0. The van der Waals surface area contributed by atoms with E-state index in [4.69, 9.17) is 5.84 Å². The predicted molar refractivity (Wildman–Crippen MR) is 69.5 cm³/mol. The average molecular weight is 248 g/mol. The molecule has 0 amide bonds. The second-order valence-corrected chi connectivity index (χ2v) is 4.41. The SMILES string of the molecule is CCCn1ccnc1CC(NN)c1cnn(C)c1. The highest BCUT2D eigenvalue weighted by molar-refractivity contribution is 5.12. The van der Waals surface area contributed by atoms with Gasteiger partial charge in [-0.15, -0.1) is 0 Å². The number of rotatable bonds is 6. The van der Waals surface area contributed by atoms with Gasteiger partial charge in [0, 0.05) is 44.2 Å². The number of nitrogens with two attached hydrogens (primary N) is 1. The van der Waals surface area contributed by atoms with Crippen molar-refractivity contribution in [2.24, 2.45) is 12.9 Å². The molecule has 0 fully saturated rings. The van der Waals surface area contributed by atoms with Gasteiger partial charge in [-0.05, 0) is 6.42 Å². The molecule has 2 rings (SSSR count). The molecule has 2 aromatic rings. The van der Waals surface area contributed by atoms with Crippen molar-refractivity contribution >= 4 is 0 Å². The summed E-state index contributed by atoms with van der Waals surface area (Å²) in [5.41, 5.74) is 3.91. The van der Waals surface area contributed by atoms with Gasteiger partial charge >= 0.3 is 0 Å². The lowest BCUT2D eigenvalue weighted by Crippen LogP contribution is -2.30. The van der Waals surface area contributed by atoms with Crippen molar-refractivity contribution in [1.82, 2.24) is 24.8 Å². The van der Waals surface area contributed by atoms with E-state index in [2.05, 4.69) is 27.0 Å². The molecule has 1 unspecified atom stereocenters. The van der Waals surface area contributed by atoms with Gasteiger partial charge in [0.25, 0.3) is 0 Å². The normalized spacial score (nSPS) is 12.8. The van der Waals surface area contributed by atoms with E-state index in [1.165, 1.54) is 0 Å². The maximum atomic E-state index is 5.63. The van der Waals surface area contributed by atoms with Gasteiger partial charge in [0.05, 0.1) is 12.2 Å². The maximum Gasteiger partial charge on any atom is 0.110 e. The van der Waals surface area contributed by atoms with Crippen molar-refractivity contribution in [3.8, 4) is 0 Å². The minimum absolute atomic E-state index is 0.0386. The van der Waals surface area contributed by atoms with E-state index in [0.717, 1.165) is 30.8 Å². The van der Waals surface area contributed by atoms with Crippen LogP contribution in [0.2, 0.25) is 0 Å². The summed E-state index contributed by atoms with van der Waals surface area (Å²) in [7, 11) is 1.90. The third-order valence-electron chi connectivity index (χ3n) is 2.98. The Labute approximate surface area is 107 Å². The molecule has 3 N–H and O–H groups in total. The highest BCUT2D eigenvalue weighted by atomic mass is 15.3. The Bertz CT molecular complexity index is 486. The second-order valence-electron chi connectivity index (χ2n) is 4.41. The summed E-state index contributed by atoms with van der Waals surface area (Å²) in [6.07, 6.45) is 9.50. The van der Waals surface area contributed by atoms with Gasteiger partial charge < -0.3 is 4.57 Å². The van der Waals surface area contributed by atoms with Crippen LogP contribution in [0, 0.1) is 0 Å². The van der Waals surface area contributed by atoms with Crippen LogP contribution in [0.4, 0.5) is 0 Å². The minimum atomic E-state index is 0.0386. The van der Waals surface area contributed by atoms with Crippen molar-refractivity contribution < 1.29 is 0 Å². The largest absolute Gasteiger partial charge is 0.335 e. The van der Waals surface area contributed by atoms with Gasteiger partial charge in [0.2, 0.25) is 0 Å². The molecule has 0 radical (unpaired) electrons. The smallest absolute Gasteiger partial charge is 0.110 e. The molecule has 98 valence electrons. The Balaban J connectivity index is 2.12. The summed E-state index contributed by atoms with van der Waals surface area (Å²) < 4.78 is 3.94. The van der Waals surface area contributed by atoms with E-state index < -0.39 is 0 Å². The molecule has 2 heterocycles. The minimum Gasteiger partial charge on any atom is -0.335 e. The number of aryl methyl sites for hydroxylation is 2. The zero-order valence-electron chi connectivity index (χ0n) is 10.9. The van der Waals surface area contributed by atoms with Crippen molar-refractivity contribution in [3.05, 3.63) is 36.2 Å². The zero-order chi connectivity index (χ0) is 13.0. The molecule has 18 heavy (non-hydrogen) atoms. The van der Waals surface area contributed by atoms with Crippen LogP contribution in [-0.2, 0) is 20.0 Å². The molecule has 0 aliphatic rings. The van der Waals surface area contributed by atoms with Crippen LogP contribution in [0.25, 0.3) is 0 Å². The number of hydrogen-bond acceptors (Lipinski definition) is 4. The van der Waals surface area contributed by atoms with Crippen LogP contribution >= 0.6 is 0 Å². The highest BCUT2D eigenvalue weighted by Crippen LogP contribution is 2.16. The first-order chi connectivity index (χ1) is 8.74. The monoisotopic (exact) mass is 248 g/mol. The molecule has 0 saturated carbocycles. The highest BCUT2D eigenvalue weighted by Gasteiger charge is 2.15. The van der Waals surface area contributed by atoms with Gasteiger partial charge in [-0.25, -0.2) is 4.98 Å². The van der Waals surface area contributed by atoms with E-state index in [-0.39, 0.29) is 6.04 Å². The first-order valence-corrected chi connectivity index (χ1v) is 6.19. The first kappa shape index (κ1) is 12.8. The summed E-state index contributed by atoms with van der Waals surface area (Å²) in [6.45, 7) is 3.14. The predicted octanol–water partition coefficient (Wildman–Crippen LogP) is 0.774. The Hall–Kier alpha value is -1.66. The van der Waals surface area contributed by atoms with E-state index in [1.54, 1.807) is 4.68 Å². The lowest BCUT2D eigenvalue weighted by Gasteiger charge is -2.14. The van der Waals surface area contributed by atoms with Crippen molar-refractivity contribution in [1.29, 1.82) is 0 Å². The Morgan fingerprint density at radius 1 is 1.50 bits per heavy atom. The molecule has 0 bridgehead atoms. The standard InChI is InChI=1S/C12H20N6/c1-3-5-18-6-4-14-12(18)7-11(16-13)10-8-15-17(2)9-10/h4,6,8-9,11,16H,3,5,7,13H2,1-2H3. The number of nitrogens with zero attached hydrogens (tertiary/aromatic N) is 4. The van der Waals surface area contributed by atoms with Crippen LogP contribution in [0.3, 0.4) is 0 Å². The fraction of sp³-hybridized carbons (Fsp3) is 0.500. The number of hydrazine groups is 1. The van der Waals surface area contributed by atoms with Gasteiger partial charge in [0.15, 0.2) is 0 Å². The number of aromatic nitrogens is 4. The Kier molecular flexibility index (Phi) is 4.11. The molecular formula is C12H20N6. The van der Waals surface area contributed by atoms with Crippen molar-refractivity contribution in [3.63, 3.8) is 0 Å². The quantitative estimate of drug-likeness (QED) is 0.585. The summed E-state index contributed by atoms with van der Waals surface area (Å²) in [5.74, 6) is 6.68. The van der Waals surface area contributed by atoms with Crippen LogP contribution < -0.4 is 11.3 Å². The van der Waals surface area contributed by atoms with Crippen molar-refractivity contribution in [2.45, 2.75) is 32.4 Å². The zero-order valence-corrected chi connectivity index (χ0v) is 10.9. The molecule has 0 saturated heterocycles. The second kappa shape index (κ2) is 5.79. The van der Waals surface area contributed by atoms with E-state index in [0.29, 0.717) is 0 Å². The average Bonchev–Trinajstić information content (AvgIpc) is 2.96.